The monoisotopic (exact) mass is 274 g/mol. The van der Waals surface area contributed by atoms with Crippen LogP contribution in [0.4, 0.5) is 4.39 Å². The highest BCUT2D eigenvalue weighted by Crippen LogP contribution is 2.07. The molecule has 1 aromatic carbocycles. The Bertz CT molecular complexity index is 374. The number of amides is 1. The molecule has 0 radical (unpaired) electrons. The lowest BCUT2D eigenvalue weighted by atomic mass is 10.1. The molecule has 0 aliphatic heterocycles. The van der Waals surface area contributed by atoms with Crippen LogP contribution in [0.1, 0.15) is 36.5 Å². The molecule has 0 heterocycles. The maximum absolute atomic E-state index is 13.4. The van der Waals surface area contributed by atoms with E-state index in [2.05, 4.69) is 12.2 Å². The van der Waals surface area contributed by atoms with Crippen LogP contribution in [0.5, 0.6) is 0 Å². The van der Waals surface area contributed by atoms with Gasteiger partial charge in [0.15, 0.2) is 0 Å². The van der Waals surface area contributed by atoms with E-state index in [9.17, 15) is 9.18 Å². The SMILES string of the molecule is CCCCC(CN)NC(=O)c1ccccc1F.Cl. The fraction of sp³-hybridized carbons (Fsp3) is 0.462. The first-order chi connectivity index (χ1) is 8.19. The van der Waals surface area contributed by atoms with Crippen LogP contribution < -0.4 is 11.1 Å². The maximum Gasteiger partial charge on any atom is 0.254 e. The summed E-state index contributed by atoms with van der Waals surface area (Å²) in [5.74, 6) is -0.897. The average Bonchev–Trinajstić information content (AvgIpc) is 2.34. The van der Waals surface area contributed by atoms with Gasteiger partial charge in [-0.15, -0.1) is 12.4 Å². The van der Waals surface area contributed by atoms with Gasteiger partial charge in [-0.05, 0) is 18.6 Å². The van der Waals surface area contributed by atoms with Gasteiger partial charge in [0.1, 0.15) is 5.82 Å². The number of hydrogen-bond acceptors (Lipinski definition) is 2. The largest absolute Gasteiger partial charge is 0.348 e. The van der Waals surface area contributed by atoms with Crippen molar-refractivity contribution in [1.82, 2.24) is 5.32 Å². The summed E-state index contributed by atoms with van der Waals surface area (Å²) in [5, 5.41) is 2.75. The van der Waals surface area contributed by atoms with Crippen LogP contribution in [-0.2, 0) is 0 Å². The highest BCUT2D eigenvalue weighted by atomic mass is 35.5. The second-order valence-electron chi connectivity index (χ2n) is 4.03. The van der Waals surface area contributed by atoms with Gasteiger partial charge in [0, 0.05) is 12.6 Å². The number of unbranched alkanes of at least 4 members (excludes halogenated alkanes) is 1. The molecule has 102 valence electrons. The summed E-state index contributed by atoms with van der Waals surface area (Å²) in [6.07, 6.45) is 2.87. The summed E-state index contributed by atoms with van der Waals surface area (Å²) in [5.41, 5.74) is 5.64. The first-order valence-electron chi connectivity index (χ1n) is 5.94. The van der Waals surface area contributed by atoms with E-state index in [0.717, 1.165) is 19.3 Å². The van der Waals surface area contributed by atoms with E-state index in [1.807, 2.05) is 0 Å². The number of carbonyl (C=O) groups excluding carboxylic acids is 1. The maximum atomic E-state index is 13.4. The van der Waals surface area contributed by atoms with E-state index in [0.29, 0.717) is 6.54 Å². The van der Waals surface area contributed by atoms with Crippen molar-refractivity contribution >= 4 is 18.3 Å². The fourth-order valence-corrected chi connectivity index (χ4v) is 1.61. The lowest BCUT2D eigenvalue weighted by molar-refractivity contribution is 0.0931. The van der Waals surface area contributed by atoms with E-state index in [1.165, 1.54) is 12.1 Å². The molecule has 0 saturated heterocycles. The van der Waals surface area contributed by atoms with Crippen LogP contribution in [0.25, 0.3) is 0 Å². The normalized spacial score (nSPS) is 11.5. The topological polar surface area (TPSA) is 55.1 Å². The van der Waals surface area contributed by atoms with Crippen LogP contribution in [0, 0.1) is 5.82 Å². The van der Waals surface area contributed by atoms with Crippen molar-refractivity contribution in [2.24, 2.45) is 5.73 Å². The van der Waals surface area contributed by atoms with Crippen molar-refractivity contribution in [3.8, 4) is 0 Å². The zero-order chi connectivity index (χ0) is 12.7. The van der Waals surface area contributed by atoms with Gasteiger partial charge in [0.05, 0.1) is 5.56 Å². The van der Waals surface area contributed by atoms with E-state index < -0.39 is 11.7 Å². The van der Waals surface area contributed by atoms with Gasteiger partial charge >= 0.3 is 0 Å². The Balaban J connectivity index is 0.00000289. The third-order valence-electron chi connectivity index (χ3n) is 2.64. The minimum Gasteiger partial charge on any atom is -0.348 e. The molecular weight excluding hydrogens is 255 g/mol. The standard InChI is InChI=1S/C13H19FN2O.ClH/c1-2-3-6-10(9-15)16-13(17)11-7-4-5-8-12(11)14;/h4-5,7-8,10H,2-3,6,9,15H2,1H3,(H,16,17);1H. The van der Waals surface area contributed by atoms with Gasteiger partial charge in [-0.3, -0.25) is 4.79 Å². The summed E-state index contributed by atoms with van der Waals surface area (Å²) in [7, 11) is 0. The first-order valence-corrected chi connectivity index (χ1v) is 5.94. The lowest BCUT2D eigenvalue weighted by Crippen LogP contribution is -2.40. The van der Waals surface area contributed by atoms with Crippen LogP contribution >= 0.6 is 12.4 Å². The zero-order valence-electron chi connectivity index (χ0n) is 10.5. The van der Waals surface area contributed by atoms with Crippen molar-refractivity contribution in [1.29, 1.82) is 0 Å². The van der Waals surface area contributed by atoms with Crippen LogP contribution in [0.15, 0.2) is 24.3 Å². The third kappa shape index (κ3) is 5.02. The molecule has 1 rings (SSSR count). The molecule has 18 heavy (non-hydrogen) atoms. The Morgan fingerprint density at radius 2 is 2.11 bits per heavy atom. The number of nitrogens with one attached hydrogen (secondary N) is 1. The van der Waals surface area contributed by atoms with Crippen molar-refractivity contribution in [2.75, 3.05) is 6.54 Å². The average molecular weight is 275 g/mol. The first kappa shape index (κ1) is 16.9. The highest BCUT2D eigenvalue weighted by molar-refractivity contribution is 5.94. The van der Waals surface area contributed by atoms with Gasteiger partial charge in [-0.1, -0.05) is 31.9 Å². The molecule has 1 unspecified atom stereocenters. The molecule has 0 aliphatic rings. The van der Waals surface area contributed by atoms with Gasteiger partial charge in [-0.25, -0.2) is 4.39 Å². The molecule has 1 atom stereocenters. The molecule has 0 spiro atoms. The molecule has 1 aromatic rings. The summed E-state index contributed by atoms with van der Waals surface area (Å²) >= 11 is 0. The van der Waals surface area contributed by atoms with Gasteiger partial charge < -0.3 is 11.1 Å². The molecule has 0 saturated carbocycles. The lowest BCUT2D eigenvalue weighted by Gasteiger charge is -2.16. The highest BCUT2D eigenvalue weighted by Gasteiger charge is 2.14. The van der Waals surface area contributed by atoms with Crippen molar-refractivity contribution in [3.05, 3.63) is 35.6 Å². The summed E-state index contributed by atoms with van der Waals surface area (Å²) in [4.78, 5) is 11.8. The van der Waals surface area contributed by atoms with Crippen molar-refractivity contribution in [3.63, 3.8) is 0 Å². The van der Waals surface area contributed by atoms with Gasteiger partial charge in [0.2, 0.25) is 0 Å². The van der Waals surface area contributed by atoms with Crippen LogP contribution in [-0.4, -0.2) is 18.5 Å². The summed E-state index contributed by atoms with van der Waals surface area (Å²) in [6.45, 7) is 2.45. The molecule has 3 N–H and O–H groups in total. The molecule has 0 aromatic heterocycles. The van der Waals surface area contributed by atoms with Gasteiger partial charge in [0.25, 0.3) is 5.91 Å². The molecular formula is C13H20ClFN2O. The van der Waals surface area contributed by atoms with E-state index in [4.69, 9.17) is 5.73 Å². The van der Waals surface area contributed by atoms with E-state index in [1.54, 1.807) is 12.1 Å². The van der Waals surface area contributed by atoms with Crippen molar-refractivity contribution < 1.29 is 9.18 Å². The minimum atomic E-state index is -0.503. The molecule has 1 amide bonds. The van der Waals surface area contributed by atoms with E-state index in [-0.39, 0.29) is 24.0 Å². The van der Waals surface area contributed by atoms with Crippen LogP contribution in [0.2, 0.25) is 0 Å². The Morgan fingerprint density at radius 1 is 1.44 bits per heavy atom. The quantitative estimate of drug-likeness (QED) is 0.837. The minimum absolute atomic E-state index is 0. The smallest absolute Gasteiger partial charge is 0.254 e. The molecule has 0 aliphatic carbocycles. The summed E-state index contributed by atoms with van der Waals surface area (Å²) < 4.78 is 13.4. The molecule has 0 fully saturated rings. The predicted octanol–water partition coefficient (Wildman–Crippen LogP) is 2.49. The molecule has 3 nitrogen and oxygen atoms in total. The Hall–Kier alpha value is -1.13. The second-order valence-corrected chi connectivity index (χ2v) is 4.03. The molecule has 0 bridgehead atoms. The Kier molecular flexibility index (Phi) is 8.33. The summed E-state index contributed by atoms with van der Waals surface area (Å²) in [6, 6.07) is 5.86. The Morgan fingerprint density at radius 3 is 2.67 bits per heavy atom. The predicted molar refractivity (Wildman–Crippen MR) is 73.5 cm³/mol. The number of rotatable bonds is 6. The fourth-order valence-electron chi connectivity index (χ4n) is 1.61. The molecule has 5 heteroatoms. The number of benzene rings is 1. The zero-order valence-corrected chi connectivity index (χ0v) is 11.3. The van der Waals surface area contributed by atoms with Crippen LogP contribution in [0.3, 0.4) is 0 Å². The second kappa shape index (κ2) is 8.89. The van der Waals surface area contributed by atoms with E-state index >= 15 is 0 Å². The number of carbonyl (C=O) groups is 1. The number of hydrogen-bond donors (Lipinski definition) is 2. The number of nitrogens with two attached hydrogens (primary N) is 1. The number of halogens is 2. The Labute approximate surface area is 113 Å². The van der Waals surface area contributed by atoms with Crippen molar-refractivity contribution in [2.45, 2.75) is 32.2 Å². The van der Waals surface area contributed by atoms with Gasteiger partial charge in [-0.2, -0.15) is 0 Å². The third-order valence-corrected chi connectivity index (χ3v) is 2.64.